The Bertz CT molecular complexity index is 423. The maximum absolute atomic E-state index is 10.00. The van der Waals surface area contributed by atoms with Gasteiger partial charge in [-0.25, -0.2) is 4.98 Å². The smallest absolute Gasteiger partial charge is 0.144 e. The molecule has 5 nitrogen and oxygen atoms in total. The minimum absolute atomic E-state index is 0.354. The van der Waals surface area contributed by atoms with E-state index in [9.17, 15) is 5.11 Å². The minimum Gasteiger partial charge on any atom is -0.397 e. The fourth-order valence-electron chi connectivity index (χ4n) is 1.61. The molecular formula is C12H18N4O. The molecule has 1 aromatic heterocycles. The Morgan fingerprint density at radius 1 is 1.65 bits per heavy atom. The zero-order valence-corrected chi connectivity index (χ0v) is 10.2. The Labute approximate surface area is 101 Å². The van der Waals surface area contributed by atoms with Crippen molar-refractivity contribution in [3.63, 3.8) is 0 Å². The molecule has 0 aromatic carbocycles. The van der Waals surface area contributed by atoms with E-state index in [1.165, 1.54) is 6.20 Å². The molecule has 0 spiro atoms. The van der Waals surface area contributed by atoms with Crippen molar-refractivity contribution in [2.24, 2.45) is 0 Å². The summed E-state index contributed by atoms with van der Waals surface area (Å²) in [6, 6.07) is 3.58. The fourth-order valence-corrected chi connectivity index (χ4v) is 1.61. The van der Waals surface area contributed by atoms with Crippen LogP contribution in [-0.2, 0) is 0 Å². The first-order valence-electron chi connectivity index (χ1n) is 5.60. The van der Waals surface area contributed by atoms with E-state index >= 15 is 0 Å². The molecule has 17 heavy (non-hydrogen) atoms. The molecule has 0 saturated heterocycles. The van der Waals surface area contributed by atoms with Crippen LogP contribution in [-0.4, -0.2) is 22.2 Å². The Morgan fingerprint density at radius 2 is 2.35 bits per heavy atom. The number of aromatic nitrogens is 1. The van der Waals surface area contributed by atoms with Gasteiger partial charge in [0.2, 0.25) is 0 Å². The van der Waals surface area contributed by atoms with Crippen LogP contribution in [0.4, 0.5) is 11.5 Å². The van der Waals surface area contributed by atoms with Crippen molar-refractivity contribution in [1.82, 2.24) is 4.98 Å². The van der Waals surface area contributed by atoms with Gasteiger partial charge in [-0.15, -0.1) is 0 Å². The van der Waals surface area contributed by atoms with Gasteiger partial charge in [0.25, 0.3) is 0 Å². The highest BCUT2D eigenvalue weighted by Gasteiger charge is 2.19. The average Bonchev–Trinajstić information content (AvgIpc) is 2.27. The Hall–Kier alpha value is -1.80. The predicted molar refractivity (Wildman–Crippen MR) is 67.4 cm³/mol. The second kappa shape index (κ2) is 5.51. The van der Waals surface area contributed by atoms with Crippen molar-refractivity contribution in [2.45, 2.75) is 32.3 Å². The number of hydrogen-bond acceptors (Lipinski definition) is 5. The Balaban J connectivity index is 2.73. The summed E-state index contributed by atoms with van der Waals surface area (Å²) in [5.74, 6) is 0.457. The van der Waals surface area contributed by atoms with E-state index in [0.717, 1.165) is 6.42 Å². The van der Waals surface area contributed by atoms with E-state index < -0.39 is 5.60 Å². The van der Waals surface area contributed by atoms with Crippen molar-refractivity contribution in [2.75, 3.05) is 17.6 Å². The van der Waals surface area contributed by atoms with E-state index in [0.29, 0.717) is 30.0 Å². The molecule has 1 rings (SSSR count). The highest BCUT2D eigenvalue weighted by Crippen LogP contribution is 2.17. The summed E-state index contributed by atoms with van der Waals surface area (Å²) in [5, 5.41) is 21.9. The third-order valence-electron chi connectivity index (χ3n) is 2.45. The fraction of sp³-hybridized carbons (Fsp3) is 0.500. The number of hydrogen-bond donors (Lipinski definition) is 3. The molecule has 4 N–H and O–H groups in total. The zero-order chi connectivity index (χ0) is 12.9. The topological polar surface area (TPSA) is 95.0 Å². The lowest BCUT2D eigenvalue weighted by Gasteiger charge is -2.23. The third kappa shape index (κ3) is 3.93. The molecule has 0 aliphatic heterocycles. The van der Waals surface area contributed by atoms with Gasteiger partial charge in [-0.2, -0.15) is 5.26 Å². The van der Waals surface area contributed by atoms with E-state index in [4.69, 9.17) is 11.0 Å². The summed E-state index contributed by atoms with van der Waals surface area (Å²) in [6.07, 6.45) is 3.07. The van der Waals surface area contributed by atoms with Gasteiger partial charge in [0.15, 0.2) is 0 Å². The lowest BCUT2D eigenvalue weighted by molar-refractivity contribution is 0.0636. The summed E-state index contributed by atoms with van der Waals surface area (Å²) in [5.41, 5.74) is 5.58. The molecular weight excluding hydrogens is 216 g/mol. The van der Waals surface area contributed by atoms with E-state index in [2.05, 4.69) is 10.3 Å². The quantitative estimate of drug-likeness (QED) is 0.717. The number of nitrogens with one attached hydrogen (secondary N) is 1. The van der Waals surface area contributed by atoms with Gasteiger partial charge in [0.1, 0.15) is 11.9 Å². The maximum atomic E-state index is 10.00. The summed E-state index contributed by atoms with van der Waals surface area (Å²) in [4.78, 5) is 4.04. The molecule has 1 unspecified atom stereocenters. The van der Waals surface area contributed by atoms with Gasteiger partial charge >= 0.3 is 0 Å². The second-order valence-corrected chi connectivity index (χ2v) is 4.38. The zero-order valence-electron chi connectivity index (χ0n) is 10.2. The standard InChI is InChI=1S/C12H18N4O/c1-3-4-12(2,17)8-16-11-9(6-13)5-10(14)7-15-11/h5,7,17H,3-4,8,14H2,1-2H3,(H,15,16). The SMILES string of the molecule is CCCC(C)(O)CNc1ncc(N)cc1C#N. The monoisotopic (exact) mass is 234 g/mol. The molecule has 0 fully saturated rings. The summed E-state index contributed by atoms with van der Waals surface area (Å²) >= 11 is 0. The lowest BCUT2D eigenvalue weighted by atomic mass is 10.0. The minimum atomic E-state index is -0.801. The first-order valence-corrected chi connectivity index (χ1v) is 5.60. The molecule has 92 valence electrons. The molecule has 0 saturated carbocycles. The van der Waals surface area contributed by atoms with Crippen LogP contribution in [0.25, 0.3) is 0 Å². The predicted octanol–water partition coefficient (Wildman–Crippen LogP) is 1.50. The number of pyridine rings is 1. The van der Waals surface area contributed by atoms with Crippen LogP contribution in [0.5, 0.6) is 0 Å². The maximum Gasteiger partial charge on any atom is 0.144 e. The van der Waals surface area contributed by atoms with Crippen molar-refractivity contribution in [3.05, 3.63) is 17.8 Å². The van der Waals surface area contributed by atoms with Gasteiger partial charge in [-0.1, -0.05) is 13.3 Å². The molecule has 1 heterocycles. The van der Waals surface area contributed by atoms with Gasteiger partial charge < -0.3 is 16.2 Å². The number of aliphatic hydroxyl groups is 1. The van der Waals surface area contributed by atoms with Gasteiger partial charge in [0, 0.05) is 6.54 Å². The molecule has 5 heteroatoms. The van der Waals surface area contributed by atoms with Crippen LogP contribution >= 0.6 is 0 Å². The number of nitrogen functional groups attached to an aromatic ring is 1. The van der Waals surface area contributed by atoms with Crippen LogP contribution in [0.3, 0.4) is 0 Å². The highest BCUT2D eigenvalue weighted by molar-refractivity contribution is 5.57. The van der Waals surface area contributed by atoms with Gasteiger partial charge in [-0.3, -0.25) is 0 Å². The average molecular weight is 234 g/mol. The Morgan fingerprint density at radius 3 is 2.94 bits per heavy atom. The first kappa shape index (κ1) is 13.3. The molecule has 0 radical (unpaired) electrons. The summed E-state index contributed by atoms with van der Waals surface area (Å²) in [7, 11) is 0. The molecule has 1 aromatic rings. The number of nitriles is 1. The molecule has 0 amide bonds. The van der Waals surface area contributed by atoms with Crippen LogP contribution in [0.1, 0.15) is 32.3 Å². The van der Waals surface area contributed by atoms with Gasteiger partial charge in [0.05, 0.1) is 23.0 Å². The van der Waals surface area contributed by atoms with Crippen molar-refractivity contribution in [1.29, 1.82) is 5.26 Å². The van der Waals surface area contributed by atoms with E-state index in [1.54, 1.807) is 13.0 Å². The van der Waals surface area contributed by atoms with Crippen LogP contribution in [0, 0.1) is 11.3 Å². The molecule has 1 atom stereocenters. The Kier molecular flexibility index (Phi) is 4.30. The van der Waals surface area contributed by atoms with Crippen LogP contribution in [0.15, 0.2) is 12.3 Å². The van der Waals surface area contributed by atoms with Crippen molar-refractivity contribution in [3.8, 4) is 6.07 Å². The lowest BCUT2D eigenvalue weighted by Crippen LogP contribution is -2.33. The number of rotatable bonds is 5. The molecule has 0 aliphatic carbocycles. The number of anilines is 2. The largest absolute Gasteiger partial charge is 0.397 e. The van der Waals surface area contributed by atoms with Crippen LogP contribution in [0.2, 0.25) is 0 Å². The third-order valence-corrected chi connectivity index (χ3v) is 2.45. The number of nitrogens with two attached hydrogens (primary N) is 1. The van der Waals surface area contributed by atoms with Crippen molar-refractivity contribution >= 4 is 11.5 Å². The van der Waals surface area contributed by atoms with Crippen molar-refractivity contribution < 1.29 is 5.11 Å². The number of nitrogens with zero attached hydrogens (tertiary/aromatic N) is 2. The molecule has 0 aliphatic rings. The summed E-state index contributed by atoms with van der Waals surface area (Å²) < 4.78 is 0. The first-order chi connectivity index (χ1) is 7.98. The highest BCUT2D eigenvalue weighted by atomic mass is 16.3. The van der Waals surface area contributed by atoms with E-state index in [-0.39, 0.29) is 0 Å². The van der Waals surface area contributed by atoms with Gasteiger partial charge in [-0.05, 0) is 19.4 Å². The normalized spacial score (nSPS) is 13.8. The van der Waals surface area contributed by atoms with Crippen LogP contribution < -0.4 is 11.1 Å². The second-order valence-electron chi connectivity index (χ2n) is 4.38. The summed E-state index contributed by atoms with van der Waals surface area (Å²) in [6.45, 7) is 4.12. The molecule has 0 bridgehead atoms. The van der Waals surface area contributed by atoms with E-state index in [1.807, 2.05) is 13.0 Å².